The first-order valence-electron chi connectivity index (χ1n) is 11.4. The number of carbonyl (C=O) groups is 2. The van der Waals surface area contributed by atoms with Gasteiger partial charge in [0.15, 0.2) is 9.84 Å². The summed E-state index contributed by atoms with van der Waals surface area (Å²) in [5.41, 5.74) is 3.53. The van der Waals surface area contributed by atoms with Gasteiger partial charge in [0.05, 0.1) is 10.6 Å². The van der Waals surface area contributed by atoms with Gasteiger partial charge in [-0.25, -0.2) is 18.0 Å². The van der Waals surface area contributed by atoms with Gasteiger partial charge in [0, 0.05) is 35.3 Å². The molecule has 1 aliphatic rings. The second kappa shape index (κ2) is 11.8. The van der Waals surface area contributed by atoms with Crippen LogP contribution in [-0.4, -0.2) is 65.8 Å². The number of fused-ring (bicyclic) bond motifs is 1. The summed E-state index contributed by atoms with van der Waals surface area (Å²) in [5, 5.41) is 16.9. The largest absolute Gasteiger partial charge is 0.478 e. The third-order valence-electron chi connectivity index (χ3n) is 6.09. The molecule has 2 aromatic carbocycles. The van der Waals surface area contributed by atoms with Crippen molar-refractivity contribution in [3.8, 4) is 0 Å². The molecule has 0 amide bonds. The number of carboxylic acid groups (broad SMARTS) is 2. The average Bonchev–Trinajstić information content (AvgIpc) is 3.43. The van der Waals surface area contributed by atoms with E-state index in [1.165, 1.54) is 30.3 Å². The van der Waals surface area contributed by atoms with Gasteiger partial charge in [-0.05, 0) is 74.7 Å². The monoisotopic (exact) mass is 498 g/mol. The molecule has 1 aliphatic heterocycles. The van der Waals surface area contributed by atoms with Crippen LogP contribution in [0.3, 0.4) is 0 Å². The highest BCUT2D eigenvalue weighted by Crippen LogP contribution is 2.26. The van der Waals surface area contributed by atoms with E-state index in [0.717, 1.165) is 17.5 Å². The van der Waals surface area contributed by atoms with E-state index in [9.17, 15) is 18.0 Å². The Morgan fingerprint density at radius 3 is 2.37 bits per heavy atom. The van der Waals surface area contributed by atoms with Crippen molar-refractivity contribution in [3.63, 3.8) is 0 Å². The first-order chi connectivity index (χ1) is 16.7. The highest BCUT2D eigenvalue weighted by Gasteiger charge is 2.22. The number of likely N-dealkylation sites (N-methyl/N-ethyl adjacent to an activating group) is 1. The fourth-order valence-corrected chi connectivity index (χ4v) is 5.49. The Morgan fingerprint density at radius 1 is 1.09 bits per heavy atom. The van der Waals surface area contributed by atoms with Crippen LogP contribution in [0.25, 0.3) is 10.9 Å². The summed E-state index contributed by atoms with van der Waals surface area (Å²) in [6, 6.07) is 15.6. The summed E-state index contributed by atoms with van der Waals surface area (Å²) in [5.74, 6) is -2.38. The van der Waals surface area contributed by atoms with Crippen LogP contribution in [0.5, 0.6) is 0 Å². The van der Waals surface area contributed by atoms with Gasteiger partial charge in [0.1, 0.15) is 0 Å². The van der Waals surface area contributed by atoms with Crippen LogP contribution in [0.4, 0.5) is 0 Å². The van der Waals surface area contributed by atoms with E-state index in [-0.39, 0.29) is 5.75 Å². The second-order valence-corrected chi connectivity index (χ2v) is 10.7. The minimum atomic E-state index is -3.25. The molecule has 9 heteroatoms. The van der Waals surface area contributed by atoms with Crippen LogP contribution in [-0.2, 0) is 32.3 Å². The number of benzene rings is 2. The molecule has 1 saturated heterocycles. The number of likely N-dealkylation sites (tertiary alicyclic amines) is 1. The molecule has 2 heterocycles. The molecule has 0 aliphatic carbocycles. The van der Waals surface area contributed by atoms with Crippen molar-refractivity contribution in [2.45, 2.75) is 36.6 Å². The molecule has 1 fully saturated rings. The van der Waals surface area contributed by atoms with E-state index in [1.54, 1.807) is 24.3 Å². The number of H-pyrrole nitrogens is 1. The molecule has 4 rings (SSSR count). The summed E-state index contributed by atoms with van der Waals surface area (Å²) in [7, 11) is -1.05. The Balaban J connectivity index is 0.000000371. The maximum atomic E-state index is 12.5. The van der Waals surface area contributed by atoms with Crippen LogP contribution < -0.4 is 0 Å². The molecular weight excluding hydrogens is 468 g/mol. The van der Waals surface area contributed by atoms with Crippen LogP contribution in [0.2, 0.25) is 0 Å². The van der Waals surface area contributed by atoms with Crippen LogP contribution >= 0.6 is 0 Å². The topological polar surface area (TPSA) is 128 Å². The number of aliphatic carboxylic acids is 2. The van der Waals surface area contributed by atoms with Gasteiger partial charge in [-0.15, -0.1) is 0 Å². The summed E-state index contributed by atoms with van der Waals surface area (Å²) in [6.07, 6.45) is 7.32. The number of hydrogen-bond acceptors (Lipinski definition) is 5. The number of rotatable bonds is 8. The summed E-state index contributed by atoms with van der Waals surface area (Å²) >= 11 is 0. The third kappa shape index (κ3) is 7.53. The fourth-order valence-electron chi connectivity index (χ4n) is 4.18. The first-order valence-corrected chi connectivity index (χ1v) is 13.0. The predicted octanol–water partition coefficient (Wildman–Crippen LogP) is 3.53. The predicted molar refractivity (Wildman–Crippen MR) is 134 cm³/mol. The zero-order valence-electron chi connectivity index (χ0n) is 19.6. The summed E-state index contributed by atoms with van der Waals surface area (Å²) < 4.78 is 25.1. The van der Waals surface area contributed by atoms with Gasteiger partial charge in [-0.3, -0.25) is 0 Å². The number of sulfone groups is 1. The number of aryl methyl sites for hydroxylation is 1. The van der Waals surface area contributed by atoms with E-state index in [0.29, 0.717) is 29.5 Å². The van der Waals surface area contributed by atoms with Crippen molar-refractivity contribution < 1.29 is 28.2 Å². The van der Waals surface area contributed by atoms with Crippen molar-refractivity contribution in [3.05, 3.63) is 78.0 Å². The van der Waals surface area contributed by atoms with Crippen molar-refractivity contribution >= 4 is 32.7 Å². The third-order valence-corrected chi connectivity index (χ3v) is 7.82. The Hall–Kier alpha value is -3.43. The second-order valence-electron chi connectivity index (χ2n) is 8.57. The standard InChI is InChI=1S/C22H26N2O2S.C4H4O4/c1-24-12-5-6-19(24)15-18-16-23-22-10-9-17(14-21(18)22)11-13-27(25,26)20-7-3-2-4-8-20;5-3(6)1-2-4(7)8/h2-4,7-10,14,16,19,23H,5-6,11-13,15H2,1H3;1-2H,(H,5,6)(H,7,8)/b;2-1-/t19-;/m1./s1. The SMILES string of the molecule is CN1CCC[C@@H]1Cc1c[nH]c2ccc(CCS(=O)(=O)c3ccccc3)cc12.O=C(O)/C=C\C(=O)O. The Bertz CT molecular complexity index is 1280. The molecule has 3 N–H and O–H groups in total. The van der Waals surface area contributed by atoms with Gasteiger partial charge >= 0.3 is 11.9 Å². The Kier molecular flexibility index (Phi) is 8.84. The summed E-state index contributed by atoms with van der Waals surface area (Å²) in [6.45, 7) is 1.18. The van der Waals surface area contributed by atoms with Crippen molar-refractivity contribution in [2.24, 2.45) is 0 Å². The first kappa shape index (κ1) is 26.2. The molecule has 8 nitrogen and oxygen atoms in total. The maximum absolute atomic E-state index is 12.5. The van der Waals surface area contributed by atoms with E-state index in [2.05, 4.69) is 35.3 Å². The fraction of sp³-hybridized carbons (Fsp3) is 0.308. The van der Waals surface area contributed by atoms with Gasteiger partial charge in [0.25, 0.3) is 0 Å². The molecule has 0 bridgehead atoms. The van der Waals surface area contributed by atoms with Gasteiger partial charge in [-0.1, -0.05) is 24.3 Å². The van der Waals surface area contributed by atoms with Gasteiger partial charge < -0.3 is 20.1 Å². The molecule has 3 aromatic rings. The number of aromatic nitrogens is 1. The lowest BCUT2D eigenvalue weighted by Crippen LogP contribution is -2.26. The molecule has 1 atom stereocenters. The zero-order chi connectivity index (χ0) is 25.4. The van der Waals surface area contributed by atoms with E-state index in [1.807, 2.05) is 12.1 Å². The number of aromatic amines is 1. The molecule has 186 valence electrons. The lowest BCUT2D eigenvalue weighted by Gasteiger charge is -2.18. The highest BCUT2D eigenvalue weighted by atomic mass is 32.2. The van der Waals surface area contributed by atoms with E-state index in [4.69, 9.17) is 10.2 Å². The van der Waals surface area contributed by atoms with Crippen molar-refractivity contribution in [1.29, 1.82) is 0 Å². The summed E-state index contributed by atoms with van der Waals surface area (Å²) in [4.78, 5) is 25.3. The highest BCUT2D eigenvalue weighted by molar-refractivity contribution is 7.91. The molecule has 35 heavy (non-hydrogen) atoms. The molecule has 0 spiro atoms. The van der Waals surface area contributed by atoms with Crippen LogP contribution in [0.1, 0.15) is 24.0 Å². The minimum Gasteiger partial charge on any atom is -0.478 e. The van der Waals surface area contributed by atoms with Crippen molar-refractivity contribution in [1.82, 2.24) is 9.88 Å². The average molecular weight is 499 g/mol. The lowest BCUT2D eigenvalue weighted by atomic mass is 10.0. The lowest BCUT2D eigenvalue weighted by molar-refractivity contribution is -0.134. The van der Waals surface area contributed by atoms with Gasteiger partial charge in [0.2, 0.25) is 0 Å². The zero-order valence-corrected chi connectivity index (χ0v) is 20.4. The number of carboxylic acids is 2. The molecular formula is C26H30N2O6S. The number of nitrogens with zero attached hydrogens (tertiary/aromatic N) is 1. The Morgan fingerprint density at radius 2 is 1.77 bits per heavy atom. The normalized spacial score (nSPS) is 16.3. The van der Waals surface area contributed by atoms with E-state index < -0.39 is 21.8 Å². The minimum absolute atomic E-state index is 0.133. The quantitative estimate of drug-likeness (QED) is 0.405. The maximum Gasteiger partial charge on any atom is 0.328 e. The molecule has 1 aromatic heterocycles. The van der Waals surface area contributed by atoms with Crippen LogP contribution in [0.15, 0.2) is 71.8 Å². The van der Waals surface area contributed by atoms with Crippen LogP contribution in [0, 0.1) is 0 Å². The molecule has 0 saturated carbocycles. The molecule has 0 unspecified atom stereocenters. The number of nitrogens with one attached hydrogen (secondary N) is 1. The smallest absolute Gasteiger partial charge is 0.328 e. The number of hydrogen-bond donors (Lipinski definition) is 3. The van der Waals surface area contributed by atoms with Crippen molar-refractivity contribution in [2.75, 3.05) is 19.3 Å². The Labute approximate surface area is 204 Å². The molecule has 0 radical (unpaired) electrons. The van der Waals surface area contributed by atoms with E-state index >= 15 is 0 Å². The van der Waals surface area contributed by atoms with Gasteiger partial charge in [-0.2, -0.15) is 0 Å².